The van der Waals surface area contributed by atoms with Crippen molar-refractivity contribution >= 4 is 23.4 Å². The van der Waals surface area contributed by atoms with Crippen LogP contribution in [-0.2, 0) is 4.79 Å². The van der Waals surface area contributed by atoms with Crippen molar-refractivity contribution in [1.29, 1.82) is 0 Å². The smallest absolute Gasteiger partial charge is 0.320 e. The van der Waals surface area contributed by atoms with Crippen molar-refractivity contribution in [3.05, 3.63) is 42.1 Å². The zero-order chi connectivity index (χ0) is 19.4. The van der Waals surface area contributed by atoms with Crippen LogP contribution >= 0.6 is 0 Å². The third-order valence-electron chi connectivity index (χ3n) is 4.30. The van der Waals surface area contributed by atoms with Crippen molar-refractivity contribution in [3.8, 4) is 11.5 Å². The third-order valence-corrected chi connectivity index (χ3v) is 4.30. The normalized spacial score (nSPS) is 16.2. The number of nitrogens with one attached hydrogen (secondary N) is 2. The van der Waals surface area contributed by atoms with Gasteiger partial charge in [-0.25, -0.2) is 9.78 Å². The number of rotatable bonds is 5. The molecule has 1 aliphatic heterocycles. The first-order valence-corrected chi connectivity index (χ1v) is 8.52. The highest BCUT2D eigenvalue weighted by molar-refractivity contribution is 5.97. The number of hydrogen-bond donors (Lipinski definition) is 2. The van der Waals surface area contributed by atoms with Crippen molar-refractivity contribution in [3.63, 3.8) is 0 Å². The molecule has 0 spiro atoms. The van der Waals surface area contributed by atoms with Crippen molar-refractivity contribution in [2.45, 2.75) is 19.4 Å². The van der Waals surface area contributed by atoms with Crippen LogP contribution in [0.3, 0.4) is 0 Å². The molecule has 8 heteroatoms. The van der Waals surface area contributed by atoms with Gasteiger partial charge in [-0.1, -0.05) is 0 Å². The Labute approximate surface area is 157 Å². The maximum atomic E-state index is 12.4. The van der Waals surface area contributed by atoms with E-state index in [0.717, 1.165) is 5.56 Å². The predicted octanol–water partition coefficient (Wildman–Crippen LogP) is 2.33. The van der Waals surface area contributed by atoms with Gasteiger partial charge in [-0.05, 0) is 36.8 Å². The Kier molecular flexibility index (Phi) is 5.44. The minimum Gasteiger partial charge on any atom is -0.493 e. The average molecular weight is 370 g/mol. The standard InChI is InChI=1S/C19H22N4O4/c1-12-6-7-20-17(8-12)22-19(25)21-13-9-18(24)23(11-13)14-4-5-15(26-2)16(10-14)27-3/h4-8,10,13H,9,11H2,1-3H3,(H2,20,21,22,25)/t13-/m1/s1. The van der Waals surface area contributed by atoms with Crippen LogP contribution in [0.5, 0.6) is 11.5 Å². The number of aryl methyl sites for hydroxylation is 1. The zero-order valence-electron chi connectivity index (χ0n) is 15.5. The maximum absolute atomic E-state index is 12.4. The van der Waals surface area contributed by atoms with Gasteiger partial charge in [-0.3, -0.25) is 10.1 Å². The summed E-state index contributed by atoms with van der Waals surface area (Å²) in [5, 5.41) is 5.50. The molecule has 0 bridgehead atoms. The highest BCUT2D eigenvalue weighted by Crippen LogP contribution is 2.33. The number of anilines is 2. The van der Waals surface area contributed by atoms with Gasteiger partial charge in [0.25, 0.3) is 0 Å². The molecular weight excluding hydrogens is 348 g/mol. The summed E-state index contributed by atoms with van der Waals surface area (Å²) >= 11 is 0. The average Bonchev–Trinajstić information content (AvgIpc) is 3.01. The number of aromatic nitrogens is 1. The maximum Gasteiger partial charge on any atom is 0.320 e. The third kappa shape index (κ3) is 4.28. The molecule has 8 nitrogen and oxygen atoms in total. The molecule has 1 atom stereocenters. The van der Waals surface area contributed by atoms with Gasteiger partial charge in [0, 0.05) is 30.9 Å². The van der Waals surface area contributed by atoms with E-state index < -0.39 is 0 Å². The molecule has 2 heterocycles. The lowest BCUT2D eigenvalue weighted by Crippen LogP contribution is -2.39. The molecule has 2 aromatic rings. The molecule has 1 saturated heterocycles. The summed E-state index contributed by atoms with van der Waals surface area (Å²) in [5.41, 5.74) is 1.69. The van der Waals surface area contributed by atoms with Gasteiger partial charge in [0.2, 0.25) is 5.91 Å². The molecule has 1 aromatic heterocycles. The Balaban J connectivity index is 1.64. The van der Waals surface area contributed by atoms with Crippen LogP contribution in [0.4, 0.5) is 16.3 Å². The molecular formula is C19H22N4O4. The summed E-state index contributed by atoms with van der Waals surface area (Å²) in [5.74, 6) is 1.53. The van der Waals surface area contributed by atoms with Crippen LogP contribution in [0.25, 0.3) is 0 Å². The number of methoxy groups -OCH3 is 2. The van der Waals surface area contributed by atoms with Crippen LogP contribution in [0.15, 0.2) is 36.5 Å². The van der Waals surface area contributed by atoms with E-state index >= 15 is 0 Å². The second-order valence-corrected chi connectivity index (χ2v) is 6.26. The molecule has 142 valence electrons. The molecule has 27 heavy (non-hydrogen) atoms. The van der Waals surface area contributed by atoms with Crippen molar-refractivity contribution in [1.82, 2.24) is 10.3 Å². The first-order chi connectivity index (χ1) is 13.0. The Bertz CT molecular complexity index is 855. The predicted molar refractivity (Wildman–Crippen MR) is 101 cm³/mol. The van der Waals surface area contributed by atoms with E-state index in [1.54, 1.807) is 49.6 Å². The second-order valence-electron chi connectivity index (χ2n) is 6.26. The van der Waals surface area contributed by atoms with E-state index in [1.807, 2.05) is 13.0 Å². The molecule has 1 aromatic carbocycles. The Hall–Kier alpha value is -3.29. The zero-order valence-corrected chi connectivity index (χ0v) is 15.5. The number of carbonyl (C=O) groups is 2. The van der Waals surface area contributed by atoms with Crippen LogP contribution in [-0.4, -0.2) is 43.7 Å². The van der Waals surface area contributed by atoms with Gasteiger partial charge in [0.1, 0.15) is 5.82 Å². The van der Waals surface area contributed by atoms with E-state index in [-0.39, 0.29) is 24.4 Å². The topological polar surface area (TPSA) is 92.8 Å². The van der Waals surface area contributed by atoms with Crippen molar-refractivity contribution < 1.29 is 19.1 Å². The summed E-state index contributed by atoms with van der Waals surface area (Å²) < 4.78 is 10.5. The number of carbonyl (C=O) groups excluding carboxylic acids is 2. The Morgan fingerprint density at radius 1 is 1.19 bits per heavy atom. The lowest BCUT2D eigenvalue weighted by molar-refractivity contribution is -0.117. The Morgan fingerprint density at radius 3 is 2.67 bits per heavy atom. The van der Waals surface area contributed by atoms with Crippen LogP contribution in [0.1, 0.15) is 12.0 Å². The van der Waals surface area contributed by atoms with E-state index in [4.69, 9.17) is 9.47 Å². The quantitative estimate of drug-likeness (QED) is 0.843. The molecule has 3 rings (SSSR count). The number of amides is 3. The fraction of sp³-hybridized carbons (Fsp3) is 0.316. The summed E-state index contributed by atoms with van der Waals surface area (Å²) in [6.45, 7) is 2.30. The van der Waals surface area contributed by atoms with Gasteiger partial charge in [0.15, 0.2) is 11.5 Å². The van der Waals surface area contributed by atoms with E-state index in [2.05, 4.69) is 15.6 Å². The lowest BCUT2D eigenvalue weighted by atomic mass is 10.2. The summed E-state index contributed by atoms with van der Waals surface area (Å²) in [6.07, 6.45) is 1.85. The van der Waals surface area contributed by atoms with Gasteiger partial charge in [-0.2, -0.15) is 0 Å². The van der Waals surface area contributed by atoms with Crippen LogP contribution in [0, 0.1) is 6.92 Å². The SMILES string of the molecule is COc1ccc(N2C[C@H](NC(=O)Nc3cc(C)ccn3)CC2=O)cc1OC. The minimum absolute atomic E-state index is 0.0683. The van der Waals surface area contributed by atoms with Gasteiger partial charge in [-0.15, -0.1) is 0 Å². The van der Waals surface area contributed by atoms with Crippen LogP contribution < -0.4 is 25.0 Å². The first kappa shape index (κ1) is 18.5. The molecule has 0 aliphatic carbocycles. The van der Waals surface area contributed by atoms with Crippen molar-refractivity contribution in [2.24, 2.45) is 0 Å². The molecule has 1 fully saturated rings. The molecule has 3 amide bonds. The first-order valence-electron chi connectivity index (χ1n) is 8.52. The molecule has 0 unspecified atom stereocenters. The highest BCUT2D eigenvalue weighted by Gasteiger charge is 2.32. The number of urea groups is 1. The van der Waals surface area contributed by atoms with E-state index in [0.29, 0.717) is 29.5 Å². The summed E-state index contributed by atoms with van der Waals surface area (Å²) in [6, 6.07) is 8.22. The highest BCUT2D eigenvalue weighted by atomic mass is 16.5. The minimum atomic E-state index is -0.389. The van der Waals surface area contributed by atoms with Crippen LogP contribution in [0.2, 0.25) is 0 Å². The summed E-state index contributed by atoms with van der Waals surface area (Å²) in [7, 11) is 3.10. The summed E-state index contributed by atoms with van der Waals surface area (Å²) in [4.78, 5) is 30.3. The fourth-order valence-electron chi connectivity index (χ4n) is 2.99. The number of benzene rings is 1. The largest absolute Gasteiger partial charge is 0.493 e. The number of ether oxygens (including phenoxy) is 2. The monoisotopic (exact) mass is 370 g/mol. The molecule has 0 saturated carbocycles. The van der Waals surface area contributed by atoms with Gasteiger partial charge >= 0.3 is 6.03 Å². The number of pyridine rings is 1. The fourth-order valence-corrected chi connectivity index (χ4v) is 2.99. The number of nitrogens with zero attached hydrogens (tertiary/aromatic N) is 2. The van der Waals surface area contributed by atoms with E-state index in [1.165, 1.54) is 0 Å². The molecule has 1 aliphatic rings. The Morgan fingerprint density at radius 2 is 1.96 bits per heavy atom. The van der Waals surface area contributed by atoms with Gasteiger partial charge < -0.3 is 19.7 Å². The van der Waals surface area contributed by atoms with E-state index in [9.17, 15) is 9.59 Å². The molecule has 0 radical (unpaired) electrons. The lowest BCUT2D eigenvalue weighted by Gasteiger charge is -2.19. The number of hydrogen-bond acceptors (Lipinski definition) is 5. The molecule has 2 N–H and O–H groups in total. The van der Waals surface area contributed by atoms with Crippen molar-refractivity contribution in [2.75, 3.05) is 31.0 Å². The van der Waals surface area contributed by atoms with Gasteiger partial charge in [0.05, 0.1) is 20.3 Å². The second kappa shape index (κ2) is 7.94.